The predicted molar refractivity (Wildman–Crippen MR) is 138 cm³/mol. The van der Waals surface area contributed by atoms with Crippen LogP contribution in [0.1, 0.15) is 21.5 Å². The minimum Gasteiger partial charge on any atom is -0.497 e. The van der Waals surface area contributed by atoms with Gasteiger partial charge in [0.2, 0.25) is 0 Å². The van der Waals surface area contributed by atoms with Crippen LogP contribution < -0.4 is 13.8 Å². The van der Waals surface area contributed by atoms with Gasteiger partial charge in [0, 0.05) is 17.1 Å². The first-order chi connectivity index (χ1) is 16.7. The Balaban J connectivity index is 1.75. The number of methoxy groups -OCH3 is 2. The predicted octanol–water partition coefficient (Wildman–Crippen LogP) is 4.81. The summed E-state index contributed by atoms with van der Waals surface area (Å²) in [5, 5.41) is 0. The zero-order chi connectivity index (χ0) is 25.6. The number of benzene rings is 3. The number of rotatable bonds is 7. The molecule has 0 aliphatic rings. The molecule has 0 bridgehead atoms. The number of hydrogen-bond donors (Lipinski definition) is 0. The molecule has 0 heterocycles. The van der Waals surface area contributed by atoms with Crippen molar-refractivity contribution in [1.29, 1.82) is 0 Å². The average Bonchev–Trinajstić information content (AvgIpc) is 2.86. The Kier molecular flexibility index (Phi) is 8.43. The molecule has 0 saturated carbocycles. The lowest BCUT2D eigenvalue weighted by Crippen LogP contribution is -2.29. The highest BCUT2D eigenvalue weighted by Crippen LogP contribution is 2.33. The Labute approximate surface area is 213 Å². The van der Waals surface area contributed by atoms with Crippen molar-refractivity contribution in [2.75, 3.05) is 32.2 Å². The monoisotopic (exact) mass is 557 g/mol. The van der Waals surface area contributed by atoms with E-state index in [0.717, 1.165) is 15.6 Å². The standard InChI is InChI=1S/C26H24BrNO6S/c1-18-16-20(27)17-24(26(29)33-4)25(18)28(2)35(30,31)23-13-11-22(12-14-23)34-15-5-6-19-7-9-21(32-3)10-8-19/h7-14,16-17H,15H2,1-4H3. The normalized spacial score (nSPS) is 10.7. The van der Waals surface area contributed by atoms with Crippen molar-refractivity contribution in [2.45, 2.75) is 11.8 Å². The quantitative estimate of drug-likeness (QED) is 0.306. The molecule has 0 spiro atoms. The van der Waals surface area contributed by atoms with E-state index in [1.54, 1.807) is 32.2 Å². The fourth-order valence-electron chi connectivity index (χ4n) is 3.34. The first-order valence-electron chi connectivity index (χ1n) is 10.4. The largest absolute Gasteiger partial charge is 0.497 e. The first-order valence-corrected chi connectivity index (χ1v) is 12.6. The van der Waals surface area contributed by atoms with E-state index >= 15 is 0 Å². The zero-order valence-corrected chi connectivity index (χ0v) is 22.1. The van der Waals surface area contributed by atoms with Crippen molar-refractivity contribution in [3.63, 3.8) is 0 Å². The minimum absolute atomic E-state index is 0.0507. The Hall–Kier alpha value is -3.48. The van der Waals surface area contributed by atoms with E-state index in [2.05, 4.69) is 27.8 Å². The van der Waals surface area contributed by atoms with Gasteiger partial charge >= 0.3 is 5.97 Å². The number of ether oxygens (including phenoxy) is 3. The summed E-state index contributed by atoms with van der Waals surface area (Å²) in [4.78, 5) is 12.3. The summed E-state index contributed by atoms with van der Waals surface area (Å²) in [5.74, 6) is 6.51. The molecule has 7 nitrogen and oxygen atoms in total. The van der Waals surface area contributed by atoms with E-state index in [1.807, 2.05) is 24.3 Å². The van der Waals surface area contributed by atoms with Gasteiger partial charge in [-0.05, 0) is 73.2 Å². The highest BCUT2D eigenvalue weighted by atomic mass is 79.9. The van der Waals surface area contributed by atoms with Gasteiger partial charge in [0.25, 0.3) is 10.0 Å². The average molecular weight is 558 g/mol. The molecular weight excluding hydrogens is 534 g/mol. The van der Waals surface area contributed by atoms with Crippen LogP contribution in [0.25, 0.3) is 0 Å². The second kappa shape index (κ2) is 11.3. The molecule has 0 aliphatic heterocycles. The molecule has 9 heteroatoms. The summed E-state index contributed by atoms with van der Waals surface area (Å²) in [6.45, 7) is 1.86. The number of aryl methyl sites for hydroxylation is 1. The number of anilines is 1. The molecule has 35 heavy (non-hydrogen) atoms. The molecule has 0 radical (unpaired) electrons. The van der Waals surface area contributed by atoms with Crippen LogP contribution in [-0.4, -0.2) is 42.3 Å². The van der Waals surface area contributed by atoms with Crippen LogP contribution in [0.3, 0.4) is 0 Å². The van der Waals surface area contributed by atoms with Crippen LogP contribution in [0.4, 0.5) is 5.69 Å². The zero-order valence-electron chi connectivity index (χ0n) is 19.7. The van der Waals surface area contributed by atoms with E-state index in [4.69, 9.17) is 14.2 Å². The topological polar surface area (TPSA) is 82.1 Å². The maximum absolute atomic E-state index is 13.3. The van der Waals surface area contributed by atoms with Crippen LogP contribution in [0.2, 0.25) is 0 Å². The van der Waals surface area contributed by atoms with E-state index in [9.17, 15) is 13.2 Å². The molecule has 0 aromatic heterocycles. The number of esters is 1. The summed E-state index contributed by atoms with van der Waals surface area (Å²) >= 11 is 3.34. The van der Waals surface area contributed by atoms with Crippen molar-refractivity contribution < 1.29 is 27.4 Å². The molecule has 0 amide bonds. The second-order valence-electron chi connectivity index (χ2n) is 7.37. The van der Waals surface area contributed by atoms with Crippen LogP contribution >= 0.6 is 15.9 Å². The van der Waals surface area contributed by atoms with Gasteiger partial charge in [0.05, 0.1) is 30.4 Å². The van der Waals surface area contributed by atoms with E-state index in [-0.39, 0.29) is 22.8 Å². The fourth-order valence-corrected chi connectivity index (χ4v) is 5.19. The number of halogens is 1. The van der Waals surface area contributed by atoms with Gasteiger partial charge in [-0.25, -0.2) is 13.2 Å². The maximum Gasteiger partial charge on any atom is 0.340 e. The van der Waals surface area contributed by atoms with Crippen LogP contribution in [-0.2, 0) is 14.8 Å². The van der Waals surface area contributed by atoms with Crippen molar-refractivity contribution >= 4 is 37.6 Å². The Bertz CT molecular complexity index is 1370. The fraction of sp³-hybridized carbons (Fsp3) is 0.192. The first kappa shape index (κ1) is 26.1. The van der Waals surface area contributed by atoms with Gasteiger partial charge in [0.1, 0.15) is 18.1 Å². The summed E-state index contributed by atoms with van der Waals surface area (Å²) in [6.07, 6.45) is 0. The SMILES string of the molecule is COC(=O)c1cc(Br)cc(C)c1N(C)S(=O)(=O)c1ccc(OCC#Cc2ccc(OC)cc2)cc1. The molecule has 0 fully saturated rings. The van der Waals surface area contributed by atoms with E-state index < -0.39 is 16.0 Å². The maximum atomic E-state index is 13.3. The van der Waals surface area contributed by atoms with Gasteiger partial charge in [0.15, 0.2) is 0 Å². The molecule has 0 N–H and O–H groups in total. The lowest BCUT2D eigenvalue weighted by molar-refractivity contribution is 0.0601. The molecule has 182 valence electrons. The molecule has 3 aromatic carbocycles. The summed E-state index contributed by atoms with van der Waals surface area (Å²) < 4.78 is 43.9. The van der Waals surface area contributed by atoms with Gasteiger partial charge in [-0.3, -0.25) is 4.31 Å². The van der Waals surface area contributed by atoms with Crippen molar-refractivity contribution in [2.24, 2.45) is 0 Å². The number of carbonyl (C=O) groups excluding carboxylic acids is 1. The lowest BCUT2D eigenvalue weighted by Gasteiger charge is -2.24. The molecule has 0 aliphatic carbocycles. The van der Waals surface area contributed by atoms with Gasteiger partial charge in [-0.2, -0.15) is 0 Å². The smallest absolute Gasteiger partial charge is 0.340 e. The number of nitrogens with zero attached hydrogens (tertiary/aromatic N) is 1. The Morgan fingerprint density at radius 2 is 1.63 bits per heavy atom. The van der Waals surface area contributed by atoms with Gasteiger partial charge in [-0.15, -0.1) is 0 Å². The Morgan fingerprint density at radius 3 is 2.23 bits per heavy atom. The molecule has 0 unspecified atom stereocenters. The van der Waals surface area contributed by atoms with Crippen molar-refractivity contribution in [3.05, 3.63) is 81.8 Å². The number of carbonyl (C=O) groups is 1. The number of sulfonamides is 1. The van der Waals surface area contributed by atoms with Crippen LogP contribution in [0.5, 0.6) is 11.5 Å². The van der Waals surface area contributed by atoms with Gasteiger partial charge < -0.3 is 14.2 Å². The second-order valence-corrected chi connectivity index (χ2v) is 10.3. The van der Waals surface area contributed by atoms with Crippen LogP contribution in [0.15, 0.2) is 70.0 Å². The van der Waals surface area contributed by atoms with E-state index in [1.165, 1.54) is 32.4 Å². The third-order valence-electron chi connectivity index (χ3n) is 5.10. The molecule has 0 atom stereocenters. The summed E-state index contributed by atoms with van der Waals surface area (Å²) in [7, 11) is 0.290. The third kappa shape index (κ3) is 6.15. The van der Waals surface area contributed by atoms with Gasteiger partial charge in [-0.1, -0.05) is 27.8 Å². The highest BCUT2D eigenvalue weighted by molar-refractivity contribution is 9.10. The number of hydrogen-bond acceptors (Lipinski definition) is 6. The lowest BCUT2D eigenvalue weighted by atomic mass is 10.1. The molecule has 0 saturated heterocycles. The van der Waals surface area contributed by atoms with Crippen LogP contribution in [0, 0.1) is 18.8 Å². The van der Waals surface area contributed by atoms with Crippen molar-refractivity contribution in [1.82, 2.24) is 0 Å². The molecule has 3 aromatic rings. The van der Waals surface area contributed by atoms with Crippen molar-refractivity contribution in [3.8, 4) is 23.3 Å². The molecule has 3 rings (SSSR count). The third-order valence-corrected chi connectivity index (χ3v) is 7.33. The molecular formula is C26H24BrNO6S. The Morgan fingerprint density at radius 1 is 1.00 bits per heavy atom. The minimum atomic E-state index is -3.96. The summed E-state index contributed by atoms with van der Waals surface area (Å²) in [6, 6.07) is 16.6. The highest BCUT2D eigenvalue weighted by Gasteiger charge is 2.27. The summed E-state index contributed by atoms with van der Waals surface area (Å²) in [5.41, 5.74) is 1.81. The van der Waals surface area contributed by atoms with E-state index in [0.29, 0.717) is 15.8 Å².